The van der Waals surface area contributed by atoms with Gasteiger partial charge in [0.25, 0.3) is 5.91 Å². The Hall–Kier alpha value is -3.66. The van der Waals surface area contributed by atoms with Crippen LogP contribution in [0.1, 0.15) is 64.5 Å². The number of amides is 2. The predicted octanol–water partition coefficient (Wildman–Crippen LogP) is 4.56. The first-order valence-electron chi connectivity index (χ1n) is 13.6. The number of nitrogens with one attached hydrogen (secondary N) is 1. The van der Waals surface area contributed by atoms with Crippen molar-refractivity contribution >= 4 is 17.5 Å². The lowest BCUT2D eigenvalue weighted by Gasteiger charge is -2.27. The van der Waals surface area contributed by atoms with Gasteiger partial charge < -0.3 is 20.1 Å². The molecule has 40 heavy (non-hydrogen) atoms. The number of aliphatic hydroxyl groups excluding tert-OH is 1. The standard InChI is InChI=1S/C30H38F2N4O4/c1-19(2)36(16-5-17-37)30(39)20(3)28(33-21(4)38)34-26(14-10-22-8-11-24(31)12-9-22)25-13-15-27(32)35-29(25)40-18-23-6-7-23/h8-9,11-13,15,19,23,37H,5-7,10,14,16-18H2,1-4H3,(H,33,38)/b28-20+,34-26+. The monoisotopic (exact) mass is 556 g/mol. The molecule has 0 unspecified atom stereocenters. The zero-order valence-corrected chi connectivity index (χ0v) is 23.5. The number of aromatic nitrogens is 1. The number of carbonyl (C=O) groups excluding carboxylic acids is 2. The molecule has 1 fully saturated rings. The minimum Gasteiger partial charge on any atom is -0.477 e. The van der Waals surface area contributed by atoms with Crippen LogP contribution >= 0.6 is 0 Å². The van der Waals surface area contributed by atoms with Gasteiger partial charge in [-0.25, -0.2) is 9.38 Å². The second-order valence-electron chi connectivity index (χ2n) is 10.3. The van der Waals surface area contributed by atoms with E-state index in [-0.39, 0.29) is 41.6 Å². The van der Waals surface area contributed by atoms with E-state index in [4.69, 9.17) is 9.73 Å². The smallest absolute Gasteiger partial charge is 0.253 e. The van der Waals surface area contributed by atoms with Crippen LogP contribution in [0.4, 0.5) is 8.78 Å². The lowest BCUT2D eigenvalue weighted by molar-refractivity contribution is -0.128. The third-order valence-corrected chi connectivity index (χ3v) is 6.51. The van der Waals surface area contributed by atoms with Gasteiger partial charge in [-0.2, -0.15) is 9.37 Å². The van der Waals surface area contributed by atoms with Gasteiger partial charge in [0.2, 0.25) is 17.7 Å². The largest absolute Gasteiger partial charge is 0.477 e. The number of ether oxygens (including phenoxy) is 1. The lowest BCUT2D eigenvalue weighted by atomic mass is 10.0. The molecular formula is C30H38F2N4O4. The summed E-state index contributed by atoms with van der Waals surface area (Å²) in [7, 11) is 0. The van der Waals surface area contributed by atoms with Gasteiger partial charge in [-0.05, 0) is 88.6 Å². The molecule has 216 valence electrons. The summed E-state index contributed by atoms with van der Waals surface area (Å²) in [6.07, 6.45) is 3.24. The van der Waals surface area contributed by atoms with Crippen molar-refractivity contribution in [3.8, 4) is 5.88 Å². The molecule has 0 atom stereocenters. The Kier molecular flexibility index (Phi) is 11.3. The molecule has 1 aromatic carbocycles. The number of hydrogen-bond acceptors (Lipinski definition) is 6. The van der Waals surface area contributed by atoms with Crippen LogP contribution in [0.25, 0.3) is 0 Å². The number of halogens is 2. The lowest BCUT2D eigenvalue weighted by Crippen LogP contribution is -2.39. The maximum atomic E-state index is 14.2. The summed E-state index contributed by atoms with van der Waals surface area (Å²) in [6, 6.07) is 8.66. The van der Waals surface area contributed by atoms with Crippen LogP contribution in [-0.4, -0.2) is 58.3 Å². The number of hydrogen-bond donors (Lipinski definition) is 2. The van der Waals surface area contributed by atoms with Gasteiger partial charge in [-0.15, -0.1) is 0 Å². The van der Waals surface area contributed by atoms with Gasteiger partial charge in [-0.1, -0.05) is 12.1 Å². The van der Waals surface area contributed by atoms with Gasteiger partial charge in [-0.3, -0.25) is 9.59 Å². The quantitative estimate of drug-likeness (QED) is 0.202. The number of aliphatic imine (C=N–C) groups is 1. The number of aryl methyl sites for hydroxylation is 1. The highest BCUT2D eigenvalue weighted by atomic mass is 19.1. The first-order chi connectivity index (χ1) is 19.1. The van der Waals surface area contributed by atoms with Crippen molar-refractivity contribution in [1.29, 1.82) is 0 Å². The Morgan fingerprint density at radius 2 is 1.85 bits per heavy atom. The van der Waals surface area contributed by atoms with Crippen molar-refractivity contribution in [3.05, 3.63) is 70.7 Å². The summed E-state index contributed by atoms with van der Waals surface area (Å²) in [5, 5.41) is 12.0. The Morgan fingerprint density at radius 3 is 2.45 bits per heavy atom. The normalized spacial score (nSPS) is 14.2. The highest BCUT2D eigenvalue weighted by molar-refractivity contribution is 6.04. The molecule has 1 aromatic heterocycles. The molecule has 8 nitrogen and oxygen atoms in total. The van der Waals surface area contributed by atoms with Gasteiger partial charge in [0.15, 0.2) is 0 Å². The van der Waals surface area contributed by atoms with Crippen LogP contribution < -0.4 is 10.1 Å². The van der Waals surface area contributed by atoms with Crippen LogP contribution in [0.5, 0.6) is 5.88 Å². The van der Waals surface area contributed by atoms with E-state index < -0.39 is 11.9 Å². The average molecular weight is 557 g/mol. The zero-order chi connectivity index (χ0) is 29.2. The van der Waals surface area contributed by atoms with E-state index in [1.807, 2.05) is 13.8 Å². The molecule has 2 amide bonds. The van der Waals surface area contributed by atoms with Crippen molar-refractivity contribution in [2.45, 2.75) is 65.8 Å². The molecule has 1 aliphatic rings. The van der Waals surface area contributed by atoms with Crippen LogP contribution in [0.15, 0.2) is 52.8 Å². The van der Waals surface area contributed by atoms with E-state index >= 15 is 0 Å². The van der Waals surface area contributed by atoms with Crippen molar-refractivity contribution in [3.63, 3.8) is 0 Å². The Labute approximate surface area is 234 Å². The third-order valence-electron chi connectivity index (χ3n) is 6.51. The summed E-state index contributed by atoms with van der Waals surface area (Å²) in [5.41, 5.74) is 1.91. The van der Waals surface area contributed by atoms with E-state index in [1.165, 1.54) is 31.2 Å². The molecule has 1 heterocycles. The molecule has 2 N–H and O–H groups in total. The van der Waals surface area contributed by atoms with Crippen molar-refractivity contribution in [1.82, 2.24) is 15.2 Å². The number of pyridine rings is 1. The predicted molar refractivity (Wildman–Crippen MR) is 149 cm³/mol. The minimum absolute atomic E-state index is 0.0544. The zero-order valence-electron chi connectivity index (χ0n) is 23.5. The molecular weight excluding hydrogens is 518 g/mol. The van der Waals surface area contributed by atoms with Crippen molar-refractivity contribution in [2.75, 3.05) is 19.8 Å². The summed E-state index contributed by atoms with van der Waals surface area (Å²) in [6.45, 7) is 7.30. The molecule has 0 saturated heterocycles. The van der Waals surface area contributed by atoms with Gasteiger partial charge in [0, 0.05) is 26.1 Å². The molecule has 0 aliphatic heterocycles. The van der Waals surface area contributed by atoms with Crippen molar-refractivity contribution in [2.24, 2.45) is 10.9 Å². The summed E-state index contributed by atoms with van der Waals surface area (Å²) in [5.74, 6) is -1.27. The highest BCUT2D eigenvalue weighted by Crippen LogP contribution is 2.30. The number of nitrogens with zero attached hydrogens (tertiary/aromatic N) is 3. The molecule has 0 spiro atoms. The molecule has 1 saturated carbocycles. The van der Waals surface area contributed by atoms with E-state index in [0.29, 0.717) is 49.6 Å². The summed E-state index contributed by atoms with van der Waals surface area (Å²) >= 11 is 0. The summed E-state index contributed by atoms with van der Waals surface area (Å²) < 4.78 is 33.5. The Bertz CT molecular complexity index is 1240. The molecule has 0 bridgehead atoms. The van der Waals surface area contributed by atoms with Crippen LogP contribution in [0.3, 0.4) is 0 Å². The van der Waals surface area contributed by atoms with Gasteiger partial charge >= 0.3 is 0 Å². The first-order valence-corrected chi connectivity index (χ1v) is 13.6. The fourth-order valence-corrected chi connectivity index (χ4v) is 4.05. The van der Waals surface area contributed by atoms with E-state index in [2.05, 4.69) is 10.3 Å². The number of aliphatic hydroxyl groups is 1. The van der Waals surface area contributed by atoms with Crippen molar-refractivity contribution < 1.29 is 28.2 Å². The molecule has 1 aliphatic carbocycles. The maximum absolute atomic E-state index is 14.2. The van der Waals surface area contributed by atoms with E-state index in [1.54, 1.807) is 24.0 Å². The second kappa shape index (κ2) is 14.6. The van der Waals surface area contributed by atoms with Gasteiger partial charge in [0.1, 0.15) is 11.6 Å². The Morgan fingerprint density at radius 1 is 1.15 bits per heavy atom. The van der Waals surface area contributed by atoms with Gasteiger partial charge in [0.05, 0.1) is 23.5 Å². The fraction of sp³-hybridized carbons (Fsp3) is 0.467. The topological polar surface area (TPSA) is 104 Å². The molecule has 0 radical (unpaired) electrons. The molecule has 10 heteroatoms. The van der Waals surface area contributed by atoms with Crippen LogP contribution in [-0.2, 0) is 16.0 Å². The molecule has 3 rings (SSSR count). The number of carbonyl (C=O) groups is 2. The number of rotatable bonds is 14. The average Bonchev–Trinajstić information content (AvgIpc) is 3.74. The molecule has 2 aromatic rings. The second-order valence-corrected chi connectivity index (χ2v) is 10.3. The maximum Gasteiger partial charge on any atom is 0.253 e. The third kappa shape index (κ3) is 9.22. The first kappa shape index (κ1) is 30.9. The minimum atomic E-state index is -0.701. The Balaban J connectivity index is 2.08. The SMILES string of the molecule is CC(=O)NC(/N=C(\CCc1ccc(F)cc1)c1ccc(F)nc1OCC1CC1)=C(/C)C(=O)N(CCCO)C(C)C. The van der Waals surface area contributed by atoms with E-state index in [9.17, 15) is 23.5 Å². The highest BCUT2D eigenvalue weighted by Gasteiger charge is 2.25. The fourth-order valence-electron chi connectivity index (χ4n) is 4.05. The van der Waals surface area contributed by atoms with E-state index in [0.717, 1.165) is 18.4 Å². The van der Waals surface area contributed by atoms with Crippen LogP contribution in [0, 0.1) is 17.7 Å². The summed E-state index contributed by atoms with van der Waals surface area (Å²) in [4.78, 5) is 36.0. The number of benzene rings is 1. The van der Waals surface area contributed by atoms with Crippen LogP contribution in [0.2, 0.25) is 0 Å².